The fourth-order valence-electron chi connectivity index (χ4n) is 1.81. The van der Waals surface area contributed by atoms with Gasteiger partial charge in [0, 0.05) is 31.2 Å². The normalized spacial score (nSPS) is 14.8. The molecule has 1 aliphatic rings. The summed E-state index contributed by atoms with van der Waals surface area (Å²) in [7, 11) is 3.74. The molecular formula is C13H19ClN2O. The van der Waals surface area contributed by atoms with Gasteiger partial charge in [0.1, 0.15) is 5.75 Å². The van der Waals surface area contributed by atoms with E-state index in [4.69, 9.17) is 16.3 Å². The quantitative estimate of drug-likeness (QED) is 0.844. The summed E-state index contributed by atoms with van der Waals surface area (Å²) < 4.78 is 5.34. The standard InChI is InChI=1S/C13H19ClN2O/c1-16(8-7-15-11-4-5-11)12-9-10(14)3-6-13(12)17-2/h3,6,9,11,15H,4-5,7-8H2,1-2H3. The average molecular weight is 255 g/mol. The first-order valence-corrected chi connectivity index (χ1v) is 6.36. The lowest BCUT2D eigenvalue weighted by Crippen LogP contribution is -2.30. The number of nitrogens with one attached hydrogen (secondary N) is 1. The third kappa shape index (κ3) is 3.51. The van der Waals surface area contributed by atoms with Crippen molar-refractivity contribution in [2.45, 2.75) is 18.9 Å². The Morgan fingerprint density at radius 1 is 1.47 bits per heavy atom. The van der Waals surface area contributed by atoms with Crippen molar-refractivity contribution < 1.29 is 4.74 Å². The zero-order valence-corrected chi connectivity index (χ0v) is 11.1. The highest BCUT2D eigenvalue weighted by molar-refractivity contribution is 6.30. The minimum atomic E-state index is 0.739. The molecule has 0 amide bonds. The number of benzene rings is 1. The van der Waals surface area contributed by atoms with Crippen LogP contribution in [0.4, 0.5) is 5.69 Å². The monoisotopic (exact) mass is 254 g/mol. The number of likely N-dealkylation sites (N-methyl/N-ethyl adjacent to an activating group) is 1. The highest BCUT2D eigenvalue weighted by atomic mass is 35.5. The fourth-order valence-corrected chi connectivity index (χ4v) is 1.97. The number of halogens is 1. The summed E-state index contributed by atoms with van der Waals surface area (Å²) in [6.45, 7) is 1.95. The van der Waals surface area contributed by atoms with E-state index in [0.717, 1.165) is 35.6 Å². The maximum atomic E-state index is 6.01. The second kappa shape index (κ2) is 5.61. The van der Waals surface area contributed by atoms with Gasteiger partial charge in [-0.3, -0.25) is 0 Å². The van der Waals surface area contributed by atoms with Gasteiger partial charge in [-0.05, 0) is 31.0 Å². The molecular weight excluding hydrogens is 236 g/mol. The van der Waals surface area contributed by atoms with Crippen molar-refractivity contribution in [1.82, 2.24) is 5.32 Å². The van der Waals surface area contributed by atoms with Gasteiger partial charge in [-0.15, -0.1) is 0 Å². The molecule has 1 aliphatic carbocycles. The van der Waals surface area contributed by atoms with Gasteiger partial charge in [0.15, 0.2) is 0 Å². The van der Waals surface area contributed by atoms with Crippen LogP contribution in [0.2, 0.25) is 5.02 Å². The van der Waals surface area contributed by atoms with E-state index in [1.54, 1.807) is 7.11 Å². The van der Waals surface area contributed by atoms with Crippen molar-refractivity contribution in [1.29, 1.82) is 0 Å². The lowest BCUT2D eigenvalue weighted by molar-refractivity contribution is 0.415. The summed E-state index contributed by atoms with van der Waals surface area (Å²) >= 11 is 6.01. The van der Waals surface area contributed by atoms with Crippen LogP contribution in [0.3, 0.4) is 0 Å². The molecule has 0 bridgehead atoms. The molecule has 0 aliphatic heterocycles. The van der Waals surface area contributed by atoms with Crippen molar-refractivity contribution in [2.75, 3.05) is 32.1 Å². The molecule has 0 heterocycles. The number of hydrogen-bond donors (Lipinski definition) is 1. The van der Waals surface area contributed by atoms with E-state index in [0.29, 0.717) is 0 Å². The van der Waals surface area contributed by atoms with Crippen LogP contribution in [0.1, 0.15) is 12.8 Å². The first-order chi connectivity index (χ1) is 8.20. The van der Waals surface area contributed by atoms with E-state index in [1.165, 1.54) is 12.8 Å². The largest absolute Gasteiger partial charge is 0.495 e. The summed E-state index contributed by atoms with van der Waals surface area (Å²) in [6.07, 6.45) is 2.65. The van der Waals surface area contributed by atoms with Crippen LogP contribution >= 0.6 is 11.6 Å². The first kappa shape index (κ1) is 12.5. The van der Waals surface area contributed by atoms with Crippen LogP contribution in [0, 0.1) is 0 Å². The first-order valence-electron chi connectivity index (χ1n) is 5.99. The number of methoxy groups -OCH3 is 1. The summed E-state index contributed by atoms with van der Waals surface area (Å²) in [6, 6.07) is 6.45. The van der Waals surface area contributed by atoms with Crippen LogP contribution < -0.4 is 15.0 Å². The van der Waals surface area contributed by atoms with Crippen LogP contribution in [0.25, 0.3) is 0 Å². The third-order valence-electron chi connectivity index (χ3n) is 3.01. The molecule has 0 aromatic heterocycles. The molecule has 1 saturated carbocycles. The molecule has 1 N–H and O–H groups in total. The Bertz CT molecular complexity index is 380. The number of anilines is 1. The molecule has 0 unspecified atom stereocenters. The van der Waals surface area contributed by atoms with Crippen LogP contribution in [0.15, 0.2) is 18.2 Å². The van der Waals surface area contributed by atoms with Gasteiger partial charge < -0.3 is 15.0 Å². The van der Waals surface area contributed by atoms with Crippen LogP contribution in [0.5, 0.6) is 5.75 Å². The van der Waals surface area contributed by atoms with E-state index in [2.05, 4.69) is 17.3 Å². The summed E-state index contributed by atoms with van der Waals surface area (Å²) in [4.78, 5) is 2.17. The van der Waals surface area contributed by atoms with E-state index < -0.39 is 0 Å². The SMILES string of the molecule is COc1ccc(Cl)cc1N(C)CCNC1CC1. The maximum absolute atomic E-state index is 6.01. The fraction of sp³-hybridized carbons (Fsp3) is 0.538. The van der Waals surface area contributed by atoms with E-state index >= 15 is 0 Å². The van der Waals surface area contributed by atoms with Gasteiger partial charge in [0.25, 0.3) is 0 Å². The van der Waals surface area contributed by atoms with Crippen molar-refractivity contribution in [3.8, 4) is 5.75 Å². The van der Waals surface area contributed by atoms with Gasteiger partial charge in [0.2, 0.25) is 0 Å². The summed E-state index contributed by atoms with van der Waals surface area (Å²) in [5.41, 5.74) is 1.04. The highest BCUT2D eigenvalue weighted by Gasteiger charge is 2.20. The number of ether oxygens (including phenoxy) is 1. The van der Waals surface area contributed by atoms with Crippen LogP contribution in [-0.4, -0.2) is 33.3 Å². The topological polar surface area (TPSA) is 24.5 Å². The molecule has 2 rings (SSSR count). The molecule has 1 aromatic carbocycles. The van der Waals surface area contributed by atoms with Crippen molar-refractivity contribution >= 4 is 17.3 Å². The maximum Gasteiger partial charge on any atom is 0.142 e. The molecule has 0 saturated heterocycles. The van der Waals surface area contributed by atoms with E-state index in [-0.39, 0.29) is 0 Å². The van der Waals surface area contributed by atoms with Crippen molar-refractivity contribution in [2.24, 2.45) is 0 Å². The molecule has 1 aromatic rings. The molecule has 4 heteroatoms. The zero-order chi connectivity index (χ0) is 12.3. The van der Waals surface area contributed by atoms with Crippen LogP contribution in [-0.2, 0) is 0 Å². The van der Waals surface area contributed by atoms with Gasteiger partial charge >= 0.3 is 0 Å². The third-order valence-corrected chi connectivity index (χ3v) is 3.24. The zero-order valence-electron chi connectivity index (χ0n) is 10.4. The minimum Gasteiger partial charge on any atom is -0.495 e. The Hall–Kier alpha value is -0.930. The van der Waals surface area contributed by atoms with Gasteiger partial charge in [-0.2, -0.15) is 0 Å². The second-order valence-electron chi connectivity index (χ2n) is 4.47. The molecule has 94 valence electrons. The number of hydrogen-bond acceptors (Lipinski definition) is 3. The van der Waals surface area contributed by atoms with Crippen molar-refractivity contribution in [3.05, 3.63) is 23.2 Å². The van der Waals surface area contributed by atoms with E-state index in [1.807, 2.05) is 18.2 Å². The Kier molecular flexibility index (Phi) is 4.13. The highest BCUT2D eigenvalue weighted by Crippen LogP contribution is 2.30. The molecule has 1 fully saturated rings. The van der Waals surface area contributed by atoms with Gasteiger partial charge in [-0.25, -0.2) is 0 Å². The molecule has 0 atom stereocenters. The summed E-state index contributed by atoms with van der Waals surface area (Å²) in [5, 5.41) is 4.23. The Balaban J connectivity index is 1.95. The molecule has 17 heavy (non-hydrogen) atoms. The number of rotatable bonds is 6. The molecule has 0 spiro atoms. The van der Waals surface area contributed by atoms with Gasteiger partial charge in [0.05, 0.1) is 12.8 Å². The van der Waals surface area contributed by atoms with Gasteiger partial charge in [-0.1, -0.05) is 11.6 Å². The predicted octanol–water partition coefficient (Wildman–Crippen LogP) is 2.54. The Morgan fingerprint density at radius 3 is 2.88 bits per heavy atom. The average Bonchev–Trinajstić information content (AvgIpc) is 3.13. The lowest BCUT2D eigenvalue weighted by atomic mass is 10.2. The Morgan fingerprint density at radius 2 is 2.24 bits per heavy atom. The lowest BCUT2D eigenvalue weighted by Gasteiger charge is -2.22. The van der Waals surface area contributed by atoms with Crippen molar-refractivity contribution in [3.63, 3.8) is 0 Å². The van der Waals surface area contributed by atoms with E-state index in [9.17, 15) is 0 Å². The molecule has 3 nitrogen and oxygen atoms in total. The number of nitrogens with zero attached hydrogens (tertiary/aromatic N) is 1. The Labute approximate surface area is 108 Å². The molecule has 0 radical (unpaired) electrons. The predicted molar refractivity (Wildman–Crippen MR) is 72.3 cm³/mol. The summed E-state index contributed by atoms with van der Waals surface area (Å²) in [5.74, 6) is 0.864. The smallest absolute Gasteiger partial charge is 0.142 e. The minimum absolute atomic E-state index is 0.739. The second-order valence-corrected chi connectivity index (χ2v) is 4.90.